The molecule has 0 aliphatic rings. The molecule has 5 heteroatoms. The van der Waals surface area contributed by atoms with E-state index in [2.05, 4.69) is 5.32 Å². The Balaban J connectivity index is 2.02. The van der Waals surface area contributed by atoms with E-state index in [0.29, 0.717) is 18.8 Å². The zero-order chi connectivity index (χ0) is 18.8. The highest BCUT2D eigenvalue weighted by Gasteiger charge is 2.25. The number of likely N-dealkylation sites (N-methyl/N-ethyl adjacent to an activating group) is 1. The van der Waals surface area contributed by atoms with Crippen molar-refractivity contribution in [2.45, 2.75) is 31.2 Å². The van der Waals surface area contributed by atoms with E-state index in [-0.39, 0.29) is 11.8 Å². The van der Waals surface area contributed by atoms with Crippen LogP contribution in [0.2, 0.25) is 0 Å². The standard InChI is InChI=1S/C21H26N2O2S/c1-3-22-21(25)17(2)23(15-14-18-10-6-4-7-11-18)20(24)16-26-19-12-8-5-9-13-19/h4-13,17H,3,14-16H2,1-2H3,(H,22,25). The van der Waals surface area contributed by atoms with Gasteiger partial charge in [0.2, 0.25) is 11.8 Å². The molecule has 0 bridgehead atoms. The molecule has 0 spiro atoms. The molecule has 0 saturated carbocycles. The predicted molar refractivity (Wildman–Crippen MR) is 107 cm³/mol. The summed E-state index contributed by atoms with van der Waals surface area (Å²) in [5.74, 6) is 0.190. The monoisotopic (exact) mass is 370 g/mol. The summed E-state index contributed by atoms with van der Waals surface area (Å²) in [7, 11) is 0. The number of carbonyl (C=O) groups excluding carboxylic acids is 2. The highest BCUT2D eigenvalue weighted by Crippen LogP contribution is 2.18. The second-order valence-corrected chi connectivity index (χ2v) is 7.04. The Kier molecular flexibility index (Phi) is 8.22. The highest BCUT2D eigenvalue weighted by atomic mass is 32.2. The quantitative estimate of drug-likeness (QED) is 0.689. The number of thioether (sulfide) groups is 1. The predicted octanol–water partition coefficient (Wildman–Crippen LogP) is 3.37. The molecule has 26 heavy (non-hydrogen) atoms. The summed E-state index contributed by atoms with van der Waals surface area (Å²) in [5, 5.41) is 2.81. The second kappa shape index (κ2) is 10.7. The summed E-state index contributed by atoms with van der Waals surface area (Å²) in [6.07, 6.45) is 0.729. The average molecular weight is 371 g/mol. The normalized spacial score (nSPS) is 11.6. The summed E-state index contributed by atoms with van der Waals surface area (Å²) in [6, 6.07) is 19.4. The lowest BCUT2D eigenvalue weighted by molar-refractivity contribution is -0.137. The van der Waals surface area contributed by atoms with Crippen LogP contribution in [-0.2, 0) is 16.0 Å². The topological polar surface area (TPSA) is 49.4 Å². The van der Waals surface area contributed by atoms with Crippen molar-refractivity contribution in [3.8, 4) is 0 Å². The lowest BCUT2D eigenvalue weighted by Crippen LogP contribution is -2.49. The molecule has 0 saturated heterocycles. The van der Waals surface area contributed by atoms with Crippen molar-refractivity contribution >= 4 is 23.6 Å². The van der Waals surface area contributed by atoms with Gasteiger partial charge in [0.25, 0.3) is 0 Å². The highest BCUT2D eigenvalue weighted by molar-refractivity contribution is 8.00. The van der Waals surface area contributed by atoms with Crippen LogP contribution in [0.15, 0.2) is 65.6 Å². The molecule has 2 amide bonds. The van der Waals surface area contributed by atoms with Gasteiger partial charge >= 0.3 is 0 Å². The average Bonchev–Trinajstić information content (AvgIpc) is 2.68. The third kappa shape index (κ3) is 6.23. The van der Waals surface area contributed by atoms with Crippen LogP contribution in [0, 0.1) is 0 Å². The smallest absolute Gasteiger partial charge is 0.242 e. The van der Waals surface area contributed by atoms with Crippen molar-refractivity contribution in [1.82, 2.24) is 10.2 Å². The molecule has 1 unspecified atom stereocenters. The van der Waals surface area contributed by atoms with Crippen LogP contribution >= 0.6 is 11.8 Å². The molecule has 0 radical (unpaired) electrons. The first kappa shape index (κ1) is 20.0. The van der Waals surface area contributed by atoms with Crippen molar-refractivity contribution < 1.29 is 9.59 Å². The number of rotatable bonds is 9. The Labute approximate surface area is 160 Å². The van der Waals surface area contributed by atoms with Crippen molar-refractivity contribution in [2.75, 3.05) is 18.8 Å². The zero-order valence-electron chi connectivity index (χ0n) is 15.4. The number of hydrogen-bond acceptors (Lipinski definition) is 3. The molecule has 0 aliphatic heterocycles. The van der Waals surface area contributed by atoms with Crippen LogP contribution in [0.4, 0.5) is 0 Å². The van der Waals surface area contributed by atoms with Gasteiger partial charge in [0.05, 0.1) is 5.75 Å². The molecule has 0 aliphatic carbocycles. The van der Waals surface area contributed by atoms with Crippen molar-refractivity contribution in [3.05, 3.63) is 66.2 Å². The Morgan fingerprint density at radius 3 is 2.27 bits per heavy atom. The van der Waals surface area contributed by atoms with E-state index in [0.717, 1.165) is 16.9 Å². The second-order valence-electron chi connectivity index (χ2n) is 6.00. The summed E-state index contributed by atoms with van der Waals surface area (Å²) in [5.41, 5.74) is 1.16. The maximum absolute atomic E-state index is 12.8. The fourth-order valence-electron chi connectivity index (χ4n) is 2.64. The molecule has 1 atom stereocenters. The number of nitrogens with one attached hydrogen (secondary N) is 1. The van der Waals surface area contributed by atoms with Crippen molar-refractivity contribution in [1.29, 1.82) is 0 Å². The SMILES string of the molecule is CCNC(=O)C(C)N(CCc1ccccc1)C(=O)CSc1ccccc1. The van der Waals surface area contributed by atoms with Gasteiger partial charge in [-0.25, -0.2) is 0 Å². The van der Waals surface area contributed by atoms with Crippen molar-refractivity contribution in [3.63, 3.8) is 0 Å². The molecular formula is C21H26N2O2S. The molecule has 2 aromatic carbocycles. The number of nitrogens with zero attached hydrogens (tertiary/aromatic N) is 1. The Hall–Kier alpha value is -2.27. The Morgan fingerprint density at radius 2 is 1.65 bits per heavy atom. The van der Waals surface area contributed by atoms with E-state index in [9.17, 15) is 9.59 Å². The summed E-state index contributed by atoms with van der Waals surface area (Å²) in [6.45, 7) is 4.76. The summed E-state index contributed by atoms with van der Waals surface area (Å²) < 4.78 is 0. The minimum Gasteiger partial charge on any atom is -0.355 e. The van der Waals surface area contributed by atoms with Crippen LogP contribution in [0.1, 0.15) is 19.4 Å². The largest absolute Gasteiger partial charge is 0.355 e. The van der Waals surface area contributed by atoms with Crippen LogP contribution in [0.25, 0.3) is 0 Å². The van der Waals surface area contributed by atoms with Crippen LogP contribution in [0.3, 0.4) is 0 Å². The van der Waals surface area contributed by atoms with Gasteiger partial charge in [0, 0.05) is 18.0 Å². The van der Waals surface area contributed by atoms with E-state index >= 15 is 0 Å². The van der Waals surface area contributed by atoms with Crippen LogP contribution < -0.4 is 5.32 Å². The molecule has 0 aromatic heterocycles. The molecule has 138 valence electrons. The maximum atomic E-state index is 12.8. The van der Waals surface area contributed by atoms with E-state index in [1.807, 2.05) is 67.6 Å². The van der Waals surface area contributed by atoms with Gasteiger partial charge in [0.15, 0.2) is 0 Å². The Bertz CT molecular complexity index is 692. The third-order valence-electron chi connectivity index (χ3n) is 4.11. The maximum Gasteiger partial charge on any atom is 0.242 e. The van der Waals surface area contributed by atoms with E-state index in [1.165, 1.54) is 11.8 Å². The van der Waals surface area contributed by atoms with Crippen LogP contribution in [0.5, 0.6) is 0 Å². The molecule has 0 heterocycles. The lowest BCUT2D eigenvalue weighted by Gasteiger charge is -2.28. The van der Waals surface area contributed by atoms with E-state index in [1.54, 1.807) is 11.8 Å². The number of carbonyl (C=O) groups is 2. The minimum absolute atomic E-state index is 0.0199. The fourth-order valence-corrected chi connectivity index (χ4v) is 3.44. The van der Waals surface area contributed by atoms with Gasteiger partial charge in [0.1, 0.15) is 6.04 Å². The van der Waals surface area contributed by atoms with Gasteiger partial charge in [-0.3, -0.25) is 9.59 Å². The number of benzene rings is 2. The molecule has 4 nitrogen and oxygen atoms in total. The fraction of sp³-hybridized carbons (Fsp3) is 0.333. The first-order valence-electron chi connectivity index (χ1n) is 8.90. The van der Waals surface area contributed by atoms with Gasteiger partial charge in [-0.15, -0.1) is 11.8 Å². The van der Waals surface area contributed by atoms with Crippen LogP contribution in [-0.4, -0.2) is 41.6 Å². The van der Waals surface area contributed by atoms with Gasteiger partial charge < -0.3 is 10.2 Å². The van der Waals surface area contributed by atoms with Gasteiger partial charge in [-0.1, -0.05) is 48.5 Å². The first-order valence-corrected chi connectivity index (χ1v) is 9.89. The minimum atomic E-state index is -0.484. The molecule has 1 N–H and O–H groups in total. The van der Waals surface area contributed by atoms with Gasteiger partial charge in [-0.05, 0) is 38.0 Å². The first-order chi connectivity index (χ1) is 12.6. The van der Waals surface area contributed by atoms with E-state index < -0.39 is 6.04 Å². The molecule has 2 aromatic rings. The molecular weight excluding hydrogens is 344 g/mol. The third-order valence-corrected chi connectivity index (χ3v) is 5.10. The summed E-state index contributed by atoms with van der Waals surface area (Å²) in [4.78, 5) is 27.8. The number of hydrogen-bond donors (Lipinski definition) is 1. The van der Waals surface area contributed by atoms with E-state index in [4.69, 9.17) is 0 Å². The zero-order valence-corrected chi connectivity index (χ0v) is 16.2. The molecule has 2 rings (SSSR count). The van der Waals surface area contributed by atoms with Gasteiger partial charge in [-0.2, -0.15) is 0 Å². The number of amides is 2. The Morgan fingerprint density at radius 1 is 1.04 bits per heavy atom. The van der Waals surface area contributed by atoms with Crippen molar-refractivity contribution in [2.24, 2.45) is 0 Å². The molecule has 0 fully saturated rings. The summed E-state index contributed by atoms with van der Waals surface area (Å²) >= 11 is 1.50. The lowest BCUT2D eigenvalue weighted by atomic mass is 10.1.